The van der Waals surface area contributed by atoms with Crippen LogP contribution in [0.5, 0.6) is 34.5 Å². The maximum atomic E-state index is 7.19. The van der Waals surface area contributed by atoms with Crippen LogP contribution in [0, 0.1) is 21.4 Å². The van der Waals surface area contributed by atoms with E-state index in [-0.39, 0.29) is 0 Å². The van der Waals surface area contributed by atoms with E-state index in [4.69, 9.17) is 33.2 Å². The number of rotatable bonds is 21. The third-order valence-electron chi connectivity index (χ3n) is 12.0. The van der Waals surface area contributed by atoms with Crippen molar-refractivity contribution < 1.29 is 48.8 Å². The van der Waals surface area contributed by atoms with E-state index in [0.717, 1.165) is 61.5 Å². The molecule has 0 fully saturated rings. The van der Waals surface area contributed by atoms with Gasteiger partial charge < -0.3 is 0 Å². The minimum absolute atomic E-state index is 0.474. The Balaban J connectivity index is 1.94. The molecule has 0 bridgehead atoms. The topological polar surface area (TPSA) is 64.6 Å². The van der Waals surface area contributed by atoms with Crippen LogP contribution in [0.15, 0.2) is 164 Å². The molecule has 0 N–H and O–H groups in total. The van der Waals surface area contributed by atoms with Gasteiger partial charge >= 0.3 is 381 Å². The summed E-state index contributed by atoms with van der Waals surface area (Å²) < 4.78 is 51.5. The van der Waals surface area contributed by atoms with Crippen LogP contribution in [0.2, 0.25) is 0 Å². The van der Waals surface area contributed by atoms with Crippen molar-refractivity contribution >= 4 is 0 Å². The van der Waals surface area contributed by atoms with E-state index in [2.05, 4.69) is 171 Å². The molecule has 7 nitrogen and oxygen atoms in total. The predicted molar refractivity (Wildman–Crippen MR) is 254 cm³/mol. The minimum atomic E-state index is -6.63. The Morgan fingerprint density at radius 1 is 0.375 bits per heavy atom. The zero-order chi connectivity index (χ0) is 45.1. The standard InChI is InChI=1S/C56H64IO7/c1-8-58-48-28-18-43(19-29-48)57(44-20-30-49(31-21-44)59-9-2,45-22-32-50(33-23-45)60-10-3,46-24-34-51(35-25-46)61-11-4,47-26-36-52(37-27-47)62-12-5)55-39-38-53(63-13-6)42-54(55)56(64-14-7)40-16-15-17-41-56/h15-40,42H,8-14,41H2,1-7H3/q+1. The van der Waals surface area contributed by atoms with Crippen molar-refractivity contribution in [2.45, 2.75) is 60.5 Å². The van der Waals surface area contributed by atoms with Crippen LogP contribution in [-0.2, 0) is 10.3 Å². The Kier molecular flexibility index (Phi) is 14.2. The molecule has 7 rings (SSSR count). The van der Waals surface area contributed by atoms with Crippen molar-refractivity contribution in [1.82, 2.24) is 0 Å². The second-order valence-electron chi connectivity index (χ2n) is 15.2. The molecular weight excluding hydrogens is 912 g/mol. The Hall–Kier alpha value is -5.71. The van der Waals surface area contributed by atoms with Gasteiger partial charge in [0.2, 0.25) is 0 Å². The number of hydrogen-bond donors (Lipinski definition) is 0. The van der Waals surface area contributed by atoms with Crippen LogP contribution in [0.1, 0.15) is 60.5 Å². The molecule has 64 heavy (non-hydrogen) atoms. The van der Waals surface area contributed by atoms with Gasteiger partial charge in [-0.05, 0) is 0 Å². The average Bonchev–Trinajstić information content (AvgIpc) is 3.33. The van der Waals surface area contributed by atoms with Crippen LogP contribution >= 0.6 is 0 Å². The fourth-order valence-electron chi connectivity index (χ4n) is 9.65. The van der Waals surface area contributed by atoms with Gasteiger partial charge in [-0.2, -0.15) is 0 Å². The van der Waals surface area contributed by atoms with Crippen LogP contribution in [0.3, 0.4) is 0 Å². The molecule has 0 aromatic heterocycles. The molecule has 0 heterocycles. The SMILES string of the molecule is CCOc1ccc([I+](c2ccc(OCC)cc2)(c2ccc(OCC)cc2)(c2ccc(OCC)cc2)(c2ccc(OCC)cc2)c2ccc(OCC)cc2C2(OCC)C=CC=CC2)cc1. The molecule has 8 heteroatoms. The Bertz CT molecular complexity index is 2210. The first-order valence-corrected chi connectivity index (χ1v) is 29.2. The summed E-state index contributed by atoms with van der Waals surface area (Å²) in [6, 6.07) is 51.0. The second-order valence-corrected chi connectivity index (χ2v) is 30.7. The summed E-state index contributed by atoms with van der Waals surface area (Å²) in [4.78, 5) is 0. The first-order valence-electron chi connectivity index (χ1n) is 22.7. The quantitative estimate of drug-likeness (QED) is 0.0667. The van der Waals surface area contributed by atoms with Gasteiger partial charge in [-0.25, -0.2) is 0 Å². The van der Waals surface area contributed by atoms with Gasteiger partial charge in [-0.15, -0.1) is 0 Å². The molecule has 0 saturated carbocycles. The number of hydrogen-bond acceptors (Lipinski definition) is 7. The van der Waals surface area contributed by atoms with Crippen molar-refractivity contribution in [3.05, 3.63) is 191 Å². The molecule has 336 valence electrons. The summed E-state index contributed by atoms with van der Waals surface area (Å²) in [6.45, 7) is 17.8. The summed E-state index contributed by atoms with van der Waals surface area (Å²) >= 11 is -6.63. The van der Waals surface area contributed by atoms with Crippen molar-refractivity contribution in [2.24, 2.45) is 0 Å². The summed E-state index contributed by atoms with van der Waals surface area (Å²) in [5.74, 6) is 4.65. The van der Waals surface area contributed by atoms with Crippen LogP contribution < -0.4 is 44.1 Å². The van der Waals surface area contributed by atoms with Crippen molar-refractivity contribution in [3.63, 3.8) is 0 Å². The van der Waals surface area contributed by atoms with E-state index in [1.54, 1.807) is 0 Å². The van der Waals surface area contributed by atoms with Crippen LogP contribution in [0.4, 0.5) is 0 Å². The van der Waals surface area contributed by atoms with E-state index < -0.39 is 21.3 Å². The maximum absolute atomic E-state index is 7.19. The summed E-state index contributed by atoms with van der Waals surface area (Å²) in [6.07, 6.45) is 9.25. The van der Waals surface area contributed by atoms with Crippen molar-refractivity contribution in [2.75, 3.05) is 46.2 Å². The van der Waals surface area contributed by atoms with Crippen molar-refractivity contribution in [1.29, 1.82) is 0 Å². The van der Waals surface area contributed by atoms with E-state index in [1.807, 2.05) is 41.5 Å². The van der Waals surface area contributed by atoms with Gasteiger partial charge in [-0.1, -0.05) is 0 Å². The van der Waals surface area contributed by atoms with Crippen LogP contribution in [0.25, 0.3) is 0 Å². The molecule has 0 radical (unpaired) electrons. The van der Waals surface area contributed by atoms with Crippen LogP contribution in [-0.4, -0.2) is 46.2 Å². The first kappa shape index (κ1) is 46.3. The molecule has 1 aliphatic carbocycles. The van der Waals surface area contributed by atoms with Gasteiger partial charge in [0, 0.05) is 0 Å². The van der Waals surface area contributed by atoms with E-state index in [1.165, 1.54) is 0 Å². The molecule has 0 amide bonds. The summed E-state index contributed by atoms with van der Waals surface area (Å²) in [5.41, 5.74) is 0.0994. The van der Waals surface area contributed by atoms with Gasteiger partial charge in [0.25, 0.3) is 0 Å². The fraction of sp³-hybridized carbons (Fsp3) is 0.286. The van der Waals surface area contributed by atoms with Crippen molar-refractivity contribution in [3.8, 4) is 34.5 Å². The van der Waals surface area contributed by atoms with Gasteiger partial charge in [0.05, 0.1) is 0 Å². The number of halogens is 1. The molecule has 0 spiro atoms. The fourth-order valence-corrected chi connectivity index (χ4v) is 34.1. The third-order valence-corrected chi connectivity index (χ3v) is 35.0. The van der Waals surface area contributed by atoms with Gasteiger partial charge in [0.1, 0.15) is 0 Å². The normalized spacial score (nSPS) is 15.7. The Morgan fingerprint density at radius 2 is 0.688 bits per heavy atom. The van der Waals surface area contributed by atoms with Gasteiger partial charge in [0.15, 0.2) is 0 Å². The van der Waals surface area contributed by atoms with E-state index in [0.29, 0.717) is 52.7 Å². The molecule has 1 aliphatic rings. The molecule has 0 saturated heterocycles. The Morgan fingerprint density at radius 3 is 0.969 bits per heavy atom. The molecule has 1 unspecified atom stereocenters. The summed E-state index contributed by atoms with van der Waals surface area (Å²) in [5, 5.41) is 0. The predicted octanol–water partition coefficient (Wildman–Crippen LogP) is 9.58. The molecule has 1 atom stereocenters. The molecular formula is C56H64IO7+. The van der Waals surface area contributed by atoms with E-state index >= 15 is 0 Å². The van der Waals surface area contributed by atoms with Gasteiger partial charge in [-0.3, -0.25) is 0 Å². The second kappa shape index (κ2) is 19.6. The zero-order valence-corrected chi connectivity index (χ0v) is 40.6. The third kappa shape index (κ3) is 7.14. The number of ether oxygens (including phenoxy) is 7. The average molecular weight is 976 g/mol. The summed E-state index contributed by atoms with van der Waals surface area (Å²) in [7, 11) is 0. The molecule has 0 aliphatic heterocycles. The number of benzene rings is 6. The Labute approximate surface area is 378 Å². The monoisotopic (exact) mass is 975 g/mol. The van der Waals surface area contributed by atoms with E-state index in [9.17, 15) is 0 Å². The zero-order valence-electron chi connectivity index (χ0n) is 38.5. The first-order chi connectivity index (χ1) is 31.3. The molecule has 6 aromatic rings. The number of allylic oxidation sites excluding steroid dienone is 2. The molecule has 6 aromatic carbocycles.